The second kappa shape index (κ2) is 6.13. The van der Waals surface area contributed by atoms with Gasteiger partial charge in [-0.2, -0.15) is 0 Å². The molecule has 0 unspecified atom stereocenters. The summed E-state index contributed by atoms with van der Waals surface area (Å²) >= 11 is 11.9. The fraction of sp³-hybridized carbons (Fsp3) is 0.143. The topological polar surface area (TPSA) is 38.0 Å². The van der Waals surface area contributed by atoms with Crippen LogP contribution in [-0.4, -0.2) is 6.54 Å². The molecule has 100 valence electrons. The maximum absolute atomic E-state index is 13.5. The molecule has 3 N–H and O–H groups in total. The molecular weight excluding hydrogens is 286 g/mol. The van der Waals surface area contributed by atoms with Crippen molar-refractivity contribution in [2.75, 3.05) is 17.6 Å². The van der Waals surface area contributed by atoms with Gasteiger partial charge in [0.25, 0.3) is 0 Å². The zero-order chi connectivity index (χ0) is 13.8. The highest BCUT2D eigenvalue weighted by atomic mass is 35.5. The van der Waals surface area contributed by atoms with E-state index in [1.165, 1.54) is 6.07 Å². The summed E-state index contributed by atoms with van der Waals surface area (Å²) in [7, 11) is 0. The molecule has 2 aromatic rings. The summed E-state index contributed by atoms with van der Waals surface area (Å²) in [6.45, 7) is 0.572. The molecule has 0 aromatic heterocycles. The molecule has 5 heteroatoms. The Morgan fingerprint density at radius 1 is 1.11 bits per heavy atom. The molecule has 0 aliphatic rings. The molecular formula is C14H13Cl2FN2. The fourth-order valence-corrected chi connectivity index (χ4v) is 2.23. The summed E-state index contributed by atoms with van der Waals surface area (Å²) < 4.78 is 13.5. The standard InChI is InChI=1S/C14H13Cl2FN2/c15-10-2-1-9(12(16)7-10)5-6-19-14-4-3-11(18)8-13(14)17/h1-4,7-8,19H,5-6,18H2. The zero-order valence-corrected chi connectivity index (χ0v) is 11.6. The molecule has 0 radical (unpaired) electrons. The van der Waals surface area contributed by atoms with Crippen molar-refractivity contribution < 1.29 is 4.39 Å². The normalized spacial score (nSPS) is 10.5. The summed E-state index contributed by atoms with van der Waals surface area (Å²) in [5.41, 5.74) is 7.29. The lowest BCUT2D eigenvalue weighted by atomic mass is 10.1. The highest BCUT2D eigenvalue weighted by Crippen LogP contribution is 2.22. The lowest BCUT2D eigenvalue weighted by molar-refractivity contribution is 0.631. The van der Waals surface area contributed by atoms with E-state index >= 15 is 0 Å². The Hall–Kier alpha value is -1.45. The van der Waals surface area contributed by atoms with E-state index in [4.69, 9.17) is 28.9 Å². The third kappa shape index (κ3) is 3.75. The van der Waals surface area contributed by atoms with E-state index in [2.05, 4.69) is 5.32 Å². The van der Waals surface area contributed by atoms with Crippen LogP contribution >= 0.6 is 23.2 Å². The number of benzene rings is 2. The molecule has 2 nitrogen and oxygen atoms in total. The van der Waals surface area contributed by atoms with Gasteiger partial charge in [-0.3, -0.25) is 0 Å². The molecule has 0 bridgehead atoms. The van der Waals surface area contributed by atoms with Crippen molar-refractivity contribution in [1.29, 1.82) is 0 Å². The Labute approximate surface area is 121 Å². The van der Waals surface area contributed by atoms with Gasteiger partial charge in [0.15, 0.2) is 0 Å². The largest absolute Gasteiger partial charge is 0.399 e. The van der Waals surface area contributed by atoms with Gasteiger partial charge in [-0.15, -0.1) is 0 Å². The Bertz CT molecular complexity index is 536. The van der Waals surface area contributed by atoms with Crippen LogP contribution in [0.4, 0.5) is 15.8 Å². The molecule has 0 aliphatic heterocycles. The van der Waals surface area contributed by atoms with Crippen LogP contribution in [0.15, 0.2) is 36.4 Å². The lowest BCUT2D eigenvalue weighted by Crippen LogP contribution is -2.07. The van der Waals surface area contributed by atoms with Crippen molar-refractivity contribution in [2.45, 2.75) is 6.42 Å². The third-order valence-electron chi connectivity index (χ3n) is 2.72. The number of halogens is 3. The highest BCUT2D eigenvalue weighted by Gasteiger charge is 2.04. The molecule has 0 saturated carbocycles. The first-order valence-electron chi connectivity index (χ1n) is 5.79. The monoisotopic (exact) mass is 298 g/mol. The Balaban J connectivity index is 1.96. The van der Waals surface area contributed by atoms with Crippen molar-refractivity contribution in [3.63, 3.8) is 0 Å². The molecule has 0 heterocycles. The van der Waals surface area contributed by atoms with E-state index < -0.39 is 0 Å². The Morgan fingerprint density at radius 3 is 2.58 bits per heavy atom. The summed E-state index contributed by atoms with van der Waals surface area (Å²) in [5, 5.41) is 4.23. The van der Waals surface area contributed by atoms with Gasteiger partial charge in [0.1, 0.15) is 5.82 Å². The average Bonchev–Trinajstić information content (AvgIpc) is 2.34. The quantitative estimate of drug-likeness (QED) is 0.823. The predicted octanol–water partition coefficient (Wildman–Crippen LogP) is 4.37. The minimum Gasteiger partial charge on any atom is -0.399 e. The van der Waals surface area contributed by atoms with Gasteiger partial charge in [0.2, 0.25) is 0 Å². The van der Waals surface area contributed by atoms with Gasteiger partial charge in [-0.1, -0.05) is 29.3 Å². The van der Waals surface area contributed by atoms with Gasteiger partial charge >= 0.3 is 0 Å². The van der Waals surface area contributed by atoms with E-state index in [0.717, 1.165) is 5.56 Å². The average molecular weight is 299 g/mol. The molecule has 0 atom stereocenters. The van der Waals surface area contributed by atoms with Crippen LogP contribution in [0, 0.1) is 5.82 Å². The van der Waals surface area contributed by atoms with Gasteiger partial charge < -0.3 is 11.1 Å². The summed E-state index contributed by atoms with van der Waals surface area (Å²) in [5.74, 6) is -0.359. The molecule has 2 aromatic carbocycles. The van der Waals surface area contributed by atoms with E-state index in [0.29, 0.717) is 34.4 Å². The predicted molar refractivity (Wildman–Crippen MR) is 79.5 cm³/mol. The molecule has 2 rings (SSSR count). The van der Waals surface area contributed by atoms with Crippen molar-refractivity contribution in [1.82, 2.24) is 0 Å². The minimum atomic E-state index is -0.359. The maximum Gasteiger partial charge on any atom is 0.148 e. The minimum absolute atomic E-state index is 0.359. The number of anilines is 2. The number of hydrogen-bond acceptors (Lipinski definition) is 2. The van der Waals surface area contributed by atoms with E-state index in [1.54, 1.807) is 24.3 Å². The molecule has 0 spiro atoms. The first-order valence-corrected chi connectivity index (χ1v) is 6.54. The first kappa shape index (κ1) is 14.0. The van der Waals surface area contributed by atoms with Gasteiger partial charge in [0.05, 0.1) is 5.69 Å². The van der Waals surface area contributed by atoms with Crippen LogP contribution < -0.4 is 11.1 Å². The summed E-state index contributed by atoms with van der Waals surface area (Å²) in [6.07, 6.45) is 0.680. The molecule has 19 heavy (non-hydrogen) atoms. The van der Waals surface area contributed by atoms with Crippen molar-refractivity contribution in [3.8, 4) is 0 Å². The SMILES string of the molecule is Nc1ccc(NCCc2ccc(Cl)cc2Cl)c(F)c1. The van der Waals surface area contributed by atoms with Crippen LogP contribution in [-0.2, 0) is 6.42 Å². The number of rotatable bonds is 4. The summed E-state index contributed by atoms with van der Waals surface area (Å²) in [6, 6.07) is 9.91. The number of nitrogen functional groups attached to an aromatic ring is 1. The highest BCUT2D eigenvalue weighted by molar-refractivity contribution is 6.35. The van der Waals surface area contributed by atoms with Crippen molar-refractivity contribution in [3.05, 3.63) is 57.8 Å². The molecule has 0 amide bonds. The number of nitrogens with one attached hydrogen (secondary N) is 1. The van der Waals surface area contributed by atoms with E-state index in [9.17, 15) is 4.39 Å². The smallest absolute Gasteiger partial charge is 0.148 e. The van der Waals surface area contributed by atoms with Crippen LogP contribution in [0.1, 0.15) is 5.56 Å². The summed E-state index contributed by atoms with van der Waals surface area (Å²) in [4.78, 5) is 0. The van der Waals surface area contributed by atoms with Crippen molar-refractivity contribution in [2.24, 2.45) is 0 Å². The van der Waals surface area contributed by atoms with Crippen LogP contribution in [0.3, 0.4) is 0 Å². The second-order valence-corrected chi connectivity index (χ2v) is 5.00. The lowest BCUT2D eigenvalue weighted by Gasteiger charge is -2.09. The van der Waals surface area contributed by atoms with Gasteiger partial charge in [-0.05, 0) is 42.3 Å². The van der Waals surface area contributed by atoms with Gasteiger partial charge in [-0.25, -0.2) is 4.39 Å². The maximum atomic E-state index is 13.5. The second-order valence-electron chi connectivity index (χ2n) is 4.15. The number of hydrogen-bond donors (Lipinski definition) is 2. The molecule has 0 fully saturated rings. The van der Waals surface area contributed by atoms with E-state index in [1.807, 2.05) is 6.07 Å². The number of nitrogens with two attached hydrogens (primary N) is 1. The molecule has 0 saturated heterocycles. The van der Waals surface area contributed by atoms with Crippen LogP contribution in [0.2, 0.25) is 10.0 Å². The Morgan fingerprint density at radius 2 is 1.89 bits per heavy atom. The third-order valence-corrected chi connectivity index (χ3v) is 3.30. The first-order chi connectivity index (χ1) is 9.06. The Kier molecular flexibility index (Phi) is 4.51. The van der Waals surface area contributed by atoms with Crippen molar-refractivity contribution >= 4 is 34.6 Å². The van der Waals surface area contributed by atoms with E-state index in [-0.39, 0.29) is 5.82 Å². The van der Waals surface area contributed by atoms with Crippen LogP contribution in [0.5, 0.6) is 0 Å². The van der Waals surface area contributed by atoms with Crippen LogP contribution in [0.25, 0.3) is 0 Å². The molecule has 0 aliphatic carbocycles. The fourth-order valence-electron chi connectivity index (χ4n) is 1.73. The zero-order valence-electron chi connectivity index (χ0n) is 10.1. The van der Waals surface area contributed by atoms with Gasteiger partial charge in [0, 0.05) is 22.3 Å².